The van der Waals surface area contributed by atoms with E-state index in [4.69, 9.17) is 14.2 Å². The van der Waals surface area contributed by atoms with Crippen LogP contribution in [0.4, 0.5) is 0 Å². The van der Waals surface area contributed by atoms with Crippen molar-refractivity contribution >= 4 is 23.7 Å². The maximum absolute atomic E-state index is 12.4. The SMILES string of the molecule is CC(=O)OC1[C@@H](OC(C)=O)[C@H]2[C@H]([C@H]3CC[C@@H]2C3=O)[C@H]1OC(C)=O. The Morgan fingerprint density at radius 2 is 1.09 bits per heavy atom. The molecule has 3 saturated carbocycles. The number of carbonyl (C=O) groups is 4. The second-order valence-corrected chi connectivity index (χ2v) is 6.57. The van der Waals surface area contributed by atoms with Crippen LogP contribution >= 0.6 is 0 Å². The second kappa shape index (κ2) is 5.62. The number of Topliss-reactive ketones (excluding diaryl/α,β-unsaturated/α-hetero) is 1. The molecule has 3 aliphatic carbocycles. The minimum absolute atomic E-state index is 0.149. The third-order valence-electron chi connectivity index (χ3n) is 5.21. The minimum atomic E-state index is -0.855. The molecule has 0 heterocycles. The largest absolute Gasteiger partial charge is 0.458 e. The number of carbonyl (C=O) groups excluding carboxylic acids is 4. The van der Waals surface area contributed by atoms with Gasteiger partial charge in [0.2, 0.25) is 0 Å². The zero-order chi connectivity index (χ0) is 16.9. The highest BCUT2D eigenvalue weighted by atomic mass is 16.6. The van der Waals surface area contributed by atoms with Gasteiger partial charge in [-0.15, -0.1) is 0 Å². The lowest BCUT2D eigenvalue weighted by Crippen LogP contribution is -2.42. The molecule has 7 heteroatoms. The van der Waals surface area contributed by atoms with Crippen LogP contribution in [0.5, 0.6) is 0 Å². The van der Waals surface area contributed by atoms with E-state index >= 15 is 0 Å². The summed E-state index contributed by atoms with van der Waals surface area (Å²) >= 11 is 0. The van der Waals surface area contributed by atoms with Gasteiger partial charge >= 0.3 is 17.9 Å². The average molecular weight is 324 g/mol. The quantitative estimate of drug-likeness (QED) is 0.555. The van der Waals surface area contributed by atoms with E-state index in [0.717, 1.165) is 12.8 Å². The first-order valence-electron chi connectivity index (χ1n) is 7.86. The molecular formula is C16H20O7. The summed E-state index contributed by atoms with van der Waals surface area (Å²) < 4.78 is 16.1. The van der Waals surface area contributed by atoms with E-state index in [1.807, 2.05) is 0 Å². The first-order valence-corrected chi connectivity index (χ1v) is 7.86. The van der Waals surface area contributed by atoms with Gasteiger partial charge in [0.1, 0.15) is 18.0 Å². The van der Waals surface area contributed by atoms with Gasteiger partial charge in [-0.25, -0.2) is 0 Å². The molecule has 2 bridgehead atoms. The van der Waals surface area contributed by atoms with E-state index in [1.165, 1.54) is 20.8 Å². The first kappa shape index (κ1) is 16.0. The minimum Gasteiger partial charge on any atom is -0.458 e. The fourth-order valence-corrected chi connectivity index (χ4v) is 4.74. The van der Waals surface area contributed by atoms with Gasteiger partial charge in [-0.05, 0) is 12.8 Å². The van der Waals surface area contributed by atoms with Crippen molar-refractivity contribution < 1.29 is 33.4 Å². The van der Waals surface area contributed by atoms with Crippen LogP contribution in [0.25, 0.3) is 0 Å². The van der Waals surface area contributed by atoms with Crippen LogP contribution in [0.2, 0.25) is 0 Å². The number of ether oxygens (including phenoxy) is 3. The Labute approximate surface area is 133 Å². The molecule has 3 aliphatic rings. The zero-order valence-electron chi connectivity index (χ0n) is 13.3. The smallest absolute Gasteiger partial charge is 0.303 e. The normalized spacial score (nSPS) is 40.7. The standard InChI is InChI=1S/C16H20O7/c1-6(17)21-14-11-9-4-5-10(13(9)20)12(11)15(22-7(2)18)16(14)23-8(3)19/h9-12,14-16H,4-5H2,1-3H3/t9-,10+,11+,12-,14-,15+,16?. The Morgan fingerprint density at radius 1 is 0.739 bits per heavy atom. The van der Waals surface area contributed by atoms with Crippen molar-refractivity contribution in [2.45, 2.75) is 51.9 Å². The number of ketones is 1. The second-order valence-electron chi connectivity index (χ2n) is 6.57. The summed E-state index contributed by atoms with van der Waals surface area (Å²) in [4.78, 5) is 46.8. The molecule has 0 N–H and O–H groups in total. The van der Waals surface area contributed by atoms with Gasteiger partial charge in [0.25, 0.3) is 0 Å². The summed E-state index contributed by atoms with van der Waals surface area (Å²) in [5.41, 5.74) is 0. The molecule has 7 nitrogen and oxygen atoms in total. The molecule has 0 aromatic heterocycles. The topological polar surface area (TPSA) is 96.0 Å². The van der Waals surface area contributed by atoms with Crippen molar-refractivity contribution in [1.82, 2.24) is 0 Å². The highest BCUT2D eigenvalue weighted by molar-refractivity contribution is 5.89. The lowest BCUT2D eigenvalue weighted by molar-refractivity contribution is -0.177. The average Bonchev–Trinajstić information content (AvgIpc) is 3.01. The Bertz CT molecular complexity index is 529. The van der Waals surface area contributed by atoms with Crippen LogP contribution in [0, 0.1) is 23.7 Å². The number of fused-ring (bicyclic) bond motifs is 5. The van der Waals surface area contributed by atoms with Crippen LogP contribution in [-0.2, 0) is 33.4 Å². The zero-order valence-corrected chi connectivity index (χ0v) is 13.3. The fourth-order valence-electron chi connectivity index (χ4n) is 4.74. The molecule has 1 unspecified atom stereocenters. The Morgan fingerprint density at radius 3 is 1.43 bits per heavy atom. The molecule has 0 amide bonds. The van der Waals surface area contributed by atoms with E-state index in [2.05, 4.69) is 0 Å². The van der Waals surface area contributed by atoms with Crippen molar-refractivity contribution in [3.05, 3.63) is 0 Å². The van der Waals surface area contributed by atoms with Crippen molar-refractivity contribution in [1.29, 1.82) is 0 Å². The van der Waals surface area contributed by atoms with E-state index in [0.29, 0.717) is 0 Å². The van der Waals surface area contributed by atoms with Crippen LogP contribution in [-0.4, -0.2) is 42.0 Å². The summed E-state index contributed by atoms with van der Waals surface area (Å²) in [7, 11) is 0. The highest BCUT2D eigenvalue weighted by Crippen LogP contribution is 2.58. The Kier molecular flexibility index (Phi) is 3.90. The van der Waals surface area contributed by atoms with E-state index < -0.39 is 36.2 Å². The van der Waals surface area contributed by atoms with Crippen molar-refractivity contribution in [2.24, 2.45) is 23.7 Å². The molecule has 0 aromatic rings. The predicted octanol–water partition coefficient (Wildman–Crippen LogP) is 0.636. The summed E-state index contributed by atoms with van der Waals surface area (Å²) in [6, 6.07) is 0. The van der Waals surface area contributed by atoms with Gasteiger partial charge in [-0.1, -0.05) is 0 Å². The molecular weight excluding hydrogens is 304 g/mol. The van der Waals surface area contributed by atoms with Crippen molar-refractivity contribution in [3.8, 4) is 0 Å². The van der Waals surface area contributed by atoms with Gasteiger partial charge in [0.05, 0.1) is 0 Å². The van der Waals surface area contributed by atoms with E-state index in [9.17, 15) is 19.2 Å². The summed E-state index contributed by atoms with van der Waals surface area (Å²) in [5, 5.41) is 0. The van der Waals surface area contributed by atoms with Crippen LogP contribution < -0.4 is 0 Å². The van der Waals surface area contributed by atoms with Crippen molar-refractivity contribution in [2.75, 3.05) is 0 Å². The van der Waals surface area contributed by atoms with Gasteiger partial charge < -0.3 is 14.2 Å². The number of hydrogen-bond acceptors (Lipinski definition) is 7. The molecule has 0 saturated heterocycles. The Balaban J connectivity index is 1.98. The van der Waals surface area contributed by atoms with Crippen LogP contribution in [0.15, 0.2) is 0 Å². The van der Waals surface area contributed by atoms with Gasteiger partial charge in [0.15, 0.2) is 6.10 Å². The monoisotopic (exact) mass is 324 g/mol. The first-order chi connectivity index (χ1) is 10.8. The van der Waals surface area contributed by atoms with Gasteiger partial charge in [-0.3, -0.25) is 19.2 Å². The molecule has 126 valence electrons. The van der Waals surface area contributed by atoms with Crippen LogP contribution in [0.3, 0.4) is 0 Å². The van der Waals surface area contributed by atoms with Gasteiger partial charge in [0, 0.05) is 44.4 Å². The molecule has 23 heavy (non-hydrogen) atoms. The fraction of sp³-hybridized carbons (Fsp3) is 0.750. The maximum Gasteiger partial charge on any atom is 0.303 e. The van der Waals surface area contributed by atoms with Gasteiger partial charge in [-0.2, -0.15) is 0 Å². The third kappa shape index (κ3) is 2.52. The summed E-state index contributed by atoms with van der Waals surface area (Å²) in [6.45, 7) is 3.80. The molecule has 0 radical (unpaired) electrons. The lowest BCUT2D eigenvalue weighted by Gasteiger charge is -2.27. The number of hydrogen-bond donors (Lipinski definition) is 0. The highest BCUT2D eigenvalue weighted by Gasteiger charge is 2.68. The molecule has 0 aromatic carbocycles. The summed E-state index contributed by atoms with van der Waals surface area (Å²) in [5.74, 6) is -2.34. The number of rotatable bonds is 3. The van der Waals surface area contributed by atoms with E-state index in [1.54, 1.807) is 0 Å². The van der Waals surface area contributed by atoms with Crippen molar-refractivity contribution in [3.63, 3.8) is 0 Å². The molecule has 0 aliphatic heterocycles. The van der Waals surface area contributed by atoms with E-state index in [-0.39, 0.29) is 29.5 Å². The molecule has 7 atom stereocenters. The molecule has 3 rings (SSSR count). The molecule has 3 fully saturated rings. The predicted molar refractivity (Wildman–Crippen MR) is 74.9 cm³/mol. The van der Waals surface area contributed by atoms with Crippen LogP contribution in [0.1, 0.15) is 33.6 Å². The third-order valence-corrected chi connectivity index (χ3v) is 5.21. The maximum atomic E-state index is 12.4. The summed E-state index contributed by atoms with van der Waals surface area (Å²) in [6.07, 6.45) is -0.870. The molecule has 0 spiro atoms. The number of esters is 3. The Hall–Kier alpha value is -1.92. The lowest BCUT2D eigenvalue weighted by atomic mass is 9.80.